The quantitative estimate of drug-likeness (QED) is 0.0544. The minimum atomic E-state index is -5.27. The fraction of sp³-hybridized carbons (Fsp3) is 0.455. The van der Waals surface area contributed by atoms with Gasteiger partial charge in [-0.2, -0.15) is 4.31 Å². The summed E-state index contributed by atoms with van der Waals surface area (Å²) in [6.45, 7) is 16.8. The number of phosphoric ester groups is 1. The highest BCUT2D eigenvalue weighted by Crippen LogP contribution is 2.62. The third-order valence-corrected chi connectivity index (χ3v) is 11.0. The second-order valence-electron chi connectivity index (χ2n) is 14.3. The maximum Gasteiger partial charge on any atom is 0.484 e. The van der Waals surface area contributed by atoms with Gasteiger partial charge < -0.3 is 19.3 Å². The van der Waals surface area contributed by atoms with Crippen molar-refractivity contribution in [1.82, 2.24) is 0 Å². The number of allylic oxidation sites excluding steroid dienone is 10. The van der Waals surface area contributed by atoms with Gasteiger partial charge in [0.25, 0.3) is 0 Å². The van der Waals surface area contributed by atoms with Crippen LogP contribution in [0.15, 0.2) is 118 Å². The molecule has 0 bridgehead atoms. The second kappa shape index (κ2) is 25.8. The second-order valence-corrected chi connectivity index (χ2v) is 17.4. The summed E-state index contributed by atoms with van der Waals surface area (Å²) in [5, 5.41) is 0. The molecule has 11 heteroatoms. The van der Waals surface area contributed by atoms with Gasteiger partial charge in [-0.3, -0.25) is 9.05 Å². The van der Waals surface area contributed by atoms with E-state index in [2.05, 4.69) is 84.0 Å². The summed E-state index contributed by atoms with van der Waals surface area (Å²) >= 11 is 0. The fourth-order valence-electron chi connectivity index (χ4n) is 5.19. The monoisotopic (exact) mass is 798 g/mol. The highest BCUT2D eigenvalue weighted by molar-refractivity contribution is 7.61. The summed E-state index contributed by atoms with van der Waals surface area (Å²) in [6, 6.07) is 14.0. The average Bonchev–Trinajstić information content (AvgIpc) is 3.12. The van der Waals surface area contributed by atoms with E-state index in [0.29, 0.717) is 35.8 Å². The highest BCUT2D eigenvalue weighted by atomic mass is 31.3. The normalized spacial score (nSPS) is 14.0. The maximum absolute atomic E-state index is 13.6. The number of benzene rings is 2. The van der Waals surface area contributed by atoms with Crippen LogP contribution >= 0.6 is 15.6 Å². The first-order valence-electron chi connectivity index (χ1n) is 19.0. The van der Waals surface area contributed by atoms with Gasteiger partial charge in [0.05, 0.1) is 13.2 Å². The Balaban J connectivity index is 1.99. The van der Waals surface area contributed by atoms with Gasteiger partial charge >= 0.3 is 15.6 Å². The first-order chi connectivity index (χ1) is 26.0. The number of hydrogen-bond donors (Lipinski definition) is 2. The van der Waals surface area contributed by atoms with Crippen molar-refractivity contribution in [3.8, 4) is 11.5 Å². The van der Waals surface area contributed by atoms with Crippen molar-refractivity contribution in [2.24, 2.45) is 0 Å². The molecule has 0 atom stereocenters. The third kappa shape index (κ3) is 22.8. The number of unbranched alkanes of at least 4 members (excludes halogenated alkanes) is 2. The fourth-order valence-corrected chi connectivity index (χ4v) is 7.28. The first kappa shape index (κ1) is 47.9. The van der Waals surface area contributed by atoms with Crippen LogP contribution in [0.4, 0.5) is 0 Å². The van der Waals surface area contributed by atoms with Crippen molar-refractivity contribution >= 4 is 15.6 Å². The van der Waals surface area contributed by atoms with E-state index in [1.54, 1.807) is 48.5 Å². The van der Waals surface area contributed by atoms with Crippen LogP contribution in [0.25, 0.3) is 0 Å². The van der Waals surface area contributed by atoms with Gasteiger partial charge in [-0.1, -0.05) is 94.1 Å². The van der Waals surface area contributed by atoms with Crippen molar-refractivity contribution in [1.29, 1.82) is 0 Å². The molecule has 2 rings (SSSR count). The molecule has 55 heavy (non-hydrogen) atoms. The lowest BCUT2D eigenvalue weighted by Gasteiger charge is -2.20. The smallest absolute Gasteiger partial charge is 0.484 e. The van der Waals surface area contributed by atoms with E-state index < -0.39 is 15.6 Å². The van der Waals surface area contributed by atoms with Crippen LogP contribution in [0, 0.1) is 0 Å². The molecule has 0 fully saturated rings. The minimum absolute atomic E-state index is 0.304. The molecule has 9 nitrogen and oxygen atoms in total. The molecule has 0 heterocycles. The van der Waals surface area contributed by atoms with E-state index in [1.807, 2.05) is 12.2 Å². The van der Waals surface area contributed by atoms with Crippen LogP contribution < -0.4 is 9.47 Å². The van der Waals surface area contributed by atoms with E-state index in [1.165, 1.54) is 33.4 Å². The molecule has 0 aliphatic rings. The topological polar surface area (TPSA) is 121 Å². The molecule has 0 unspecified atom stereocenters. The zero-order valence-corrected chi connectivity index (χ0v) is 36.0. The van der Waals surface area contributed by atoms with Crippen molar-refractivity contribution in [3.05, 3.63) is 130 Å². The predicted octanol–water partition coefficient (Wildman–Crippen LogP) is 13.2. The van der Waals surface area contributed by atoms with E-state index in [-0.39, 0.29) is 13.2 Å². The van der Waals surface area contributed by atoms with Crippen molar-refractivity contribution in [3.63, 3.8) is 0 Å². The Hall–Kier alpha value is -3.26. The van der Waals surface area contributed by atoms with Crippen molar-refractivity contribution in [2.75, 3.05) is 13.2 Å². The summed E-state index contributed by atoms with van der Waals surface area (Å²) in [5.41, 5.74) is 8.78. The molecule has 0 amide bonds. The Morgan fingerprint density at radius 2 is 0.873 bits per heavy atom. The van der Waals surface area contributed by atoms with Crippen molar-refractivity contribution in [2.45, 2.75) is 120 Å². The molecule has 0 radical (unpaired) electrons. The lowest BCUT2D eigenvalue weighted by molar-refractivity contribution is 0.127. The Morgan fingerprint density at radius 3 is 1.24 bits per heavy atom. The Bertz CT molecular complexity index is 1640. The summed E-state index contributed by atoms with van der Waals surface area (Å²) in [7, 11) is -10.0. The highest BCUT2D eigenvalue weighted by Gasteiger charge is 2.36. The minimum Gasteiger partial charge on any atom is -0.489 e. The van der Waals surface area contributed by atoms with Gasteiger partial charge in [0.15, 0.2) is 0 Å². The van der Waals surface area contributed by atoms with Crippen LogP contribution in [-0.4, -0.2) is 23.0 Å². The van der Waals surface area contributed by atoms with Crippen LogP contribution in [0.2, 0.25) is 0 Å². The third-order valence-electron chi connectivity index (χ3n) is 8.50. The van der Waals surface area contributed by atoms with E-state index in [4.69, 9.17) is 18.5 Å². The molecule has 0 aromatic heterocycles. The van der Waals surface area contributed by atoms with Crippen LogP contribution in [0.1, 0.15) is 118 Å². The molecule has 0 saturated heterocycles. The van der Waals surface area contributed by atoms with Gasteiger partial charge in [-0.25, -0.2) is 9.13 Å². The van der Waals surface area contributed by atoms with E-state index >= 15 is 0 Å². The molecular formula is C44H64O9P2. The zero-order chi connectivity index (χ0) is 40.7. The molecular weight excluding hydrogens is 734 g/mol. The number of phosphoric acid groups is 2. The Labute approximate surface area is 330 Å². The Kier molecular flexibility index (Phi) is 22.5. The Morgan fingerprint density at radius 1 is 0.527 bits per heavy atom. The number of para-hydroxylation sites is 2. The van der Waals surface area contributed by atoms with Gasteiger partial charge in [-0.15, -0.1) is 0 Å². The summed E-state index contributed by atoms with van der Waals surface area (Å²) in [4.78, 5) is 19.2. The van der Waals surface area contributed by atoms with E-state index in [9.17, 15) is 18.9 Å². The zero-order valence-electron chi connectivity index (χ0n) is 34.2. The van der Waals surface area contributed by atoms with Crippen molar-refractivity contribution < 1.29 is 41.7 Å². The SMILES string of the molecule is CC(C)=CCC/C=C(\C)CC/C(C)=C/COc1ccccc1COP(=O)(OCc1ccccc1OC/C=C(\C)CC/C(C)=C/CCC=C(C)C)OP(=O)(O)O. The van der Waals surface area contributed by atoms with Gasteiger partial charge in [0.1, 0.15) is 24.7 Å². The molecule has 0 aliphatic heterocycles. The molecule has 2 aromatic rings. The lowest BCUT2D eigenvalue weighted by Crippen LogP contribution is -2.04. The molecule has 304 valence electrons. The number of hydrogen-bond acceptors (Lipinski definition) is 7. The van der Waals surface area contributed by atoms with Crippen LogP contribution in [0.3, 0.4) is 0 Å². The summed E-state index contributed by atoms with van der Waals surface area (Å²) in [5.74, 6) is 0.940. The predicted molar refractivity (Wildman–Crippen MR) is 225 cm³/mol. The molecule has 2 N–H and O–H groups in total. The summed E-state index contributed by atoms with van der Waals surface area (Å²) in [6.07, 6.45) is 21.1. The lowest BCUT2D eigenvalue weighted by atomic mass is 10.1. The summed E-state index contributed by atoms with van der Waals surface area (Å²) < 4.78 is 53.1. The van der Waals surface area contributed by atoms with Crippen LogP contribution in [-0.2, 0) is 35.7 Å². The molecule has 0 spiro atoms. The molecule has 0 aliphatic carbocycles. The first-order valence-corrected chi connectivity index (χ1v) is 22.0. The van der Waals surface area contributed by atoms with E-state index in [0.717, 1.165) is 51.4 Å². The van der Waals surface area contributed by atoms with Gasteiger partial charge in [0.2, 0.25) is 0 Å². The van der Waals surface area contributed by atoms with Crippen LogP contribution in [0.5, 0.6) is 11.5 Å². The standard InChI is InChI=1S/C44H64O9P2/c1-35(2)17-9-11-19-37(5)25-27-39(7)29-31-49-43-23-15-13-21-41(43)33-51-55(48,53-54(45,46)47)52-34-42-22-14-16-24-44(42)50-32-30-40(8)28-26-38(6)20-12-10-18-36(3)4/h13-24,29-30H,9-12,25-28,31-34H2,1-8H3,(H2,45,46,47)/b37-19+,38-20+,39-29+,40-30+. The number of ether oxygens (including phenoxy) is 2. The molecule has 0 saturated carbocycles. The maximum atomic E-state index is 13.6. The molecule has 2 aromatic carbocycles. The van der Waals surface area contributed by atoms with Gasteiger partial charge in [0, 0.05) is 11.1 Å². The number of rotatable bonds is 26. The van der Waals surface area contributed by atoms with Gasteiger partial charge in [-0.05, 0) is 131 Å². The largest absolute Gasteiger partial charge is 0.489 e. The average molecular weight is 799 g/mol.